The Morgan fingerprint density at radius 1 is 0.737 bits per heavy atom. The van der Waals surface area contributed by atoms with Crippen molar-refractivity contribution in [3.8, 4) is 5.75 Å². The fourth-order valence-corrected chi connectivity index (χ4v) is 4.38. The molecule has 5 rings (SSSR count). The van der Waals surface area contributed by atoms with Crippen molar-refractivity contribution in [1.82, 2.24) is 0 Å². The third-order valence-corrected chi connectivity index (χ3v) is 6.35. The van der Waals surface area contributed by atoms with Crippen molar-refractivity contribution >= 4 is 51.2 Å². The zero-order chi connectivity index (χ0) is 26.6. The Morgan fingerprint density at radius 3 is 1.84 bits per heavy atom. The van der Waals surface area contributed by atoms with Crippen molar-refractivity contribution in [2.45, 2.75) is 6.61 Å². The molecule has 0 atom stereocenters. The van der Waals surface area contributed by atoms with E-state index in [2.05, 4.69) is 15.9 Å². The average Bonchev–Trinajstić information content (AvgIpc) is 2.93. The highest BCUT2D eigenvalue weighted by molar-refractivity contribution is 9.10. The molecule has 0 aromatic heterocycles. The number of carbonyl (C=O) groups excluding carboxylic acids is 3. The zero-order valence-electron chi connectivity index (χ0n) is 19.9. The van der Waals surface area contributed by atoms with Gasteiger partial charge in [-0.1, -0.05) is 64.5 Å². The molecular formula is C30H20BrFN2O4. The van der Waals surface area contributed by atoms with Crippen LogP contribution < -0.4 is 14.5 Å². The van der Waals surface area contributed by atoms with Crippen LogP contribution in [0.3, 0.4) is 0 Å². The number of amides is 4. The maximum absolute atomic E-state index is 13.6. The van der Waals surface area contributed by atoms with Crippen LogP contribution >= 0.6 is 15.9 Å². The van der Waals surface area contributed by atoms with Gasteiger partial charge in [0.1, 0.15) is 23.7 Å². The van der Waals surface area contributed by atoms with Crippen molar-refractivity contribution in [2.24, 2.45) is 0 Å². The molecule has 0 unspecified atom stereocenters. The van der Waals surface area contributed by atoms with E-state index in [-0.39, 0.29) is 18.0 Å². The smallest absolute Gasteiger partial charge is 0.343 e. The first-order chi connectivity index (χ1) is 18.4. The van der Waals surface area contributed by atoms with E-state index in [1.54, 1.807) is 91.0 Å². The number of carbonyl (C=O) groups is 3. The molecule has 0 saturated carbocycles. The first-order valence-electron chi connectivity index (χ1n) is 11.6. The van der Waals surface area contributed by atoms with Crippen LogP contribution in [0.4, 0.5) is 20.6 Å². The van der Waals surface area contributed by atoms with Gasteiger partial charge < -0.3 is 4.74 Å². The Balaban J connectivity index is 1.57. The lowest BCUT2D eigenvalue weighted by Crippen LogP contribution is -2.57. The maximum atomic E-state index is 13.6. The number of benzene rings is 4. The molecule has 0 bridgehead atoms. The van der Waals surface area contributed by atoms with E-state index in [4.69, 9.17) is 4.74 Å². The Labute approximate surface area is 226 Å². The maximum Gasteiger partial charge on any atom is 0.343 e. The monoisotopic (exact) mass is 570 g/mol. The van der Waals surface area contributed by atoms with Gasteiger partial charge in [-0.2, -0.15) is 0 Å². The summed E-state index contributed by atoms with van der Waals surface area (Å²) in [5.74, 6) is -1.44. The third-order valence-electron chi connectivity index (χ3n) is 5.86. The summed E-state index contributed by atoms with van der Waals surface area (Å²) in [5.41, 5.74) is 1.66. The van der Waals surface area contributed by atoms with E-state index in [9.17, 15) is 18.8 Å². The number of halogens is 2. The molecule has 1 aliphatic heterocycles. The van der Waals surface area contributed by atoms with Crippen LogP contribution in [-0.2, 0) is 16.2 Å². The summed E-state index contributed by atoms with van der Waals surface area (Å²) in [6.07, 6.45) is 1.42. The highest BCUT2D eigenvalue weighted by Crippen LogP contribution is 2.32. The van der Waals surface area contributed by atoms with Crippen LogP contribution in [0.25, 0.3) is 6.08 Å². The van der Waals surface area contributed by atoms with Gasteiger partial charge >= 0.3 is 6.03 Å². The second kappa shape index (κ2) is 10.8. The van der Waals surface area contributed by atoms with Crippen molar-refractivity contribution in [3.05, 3.63) is 130 Å². The summed E-state index contributed by atoms with van der Waals surface area (Å²) in [7, 11) is 0. The topological polar surface area (TPSA) is 66.9 Å². The Bertz CT molecular complexity index is 1480. The first-order valence-corrected chi connectivity index (χ1v) is 12.4. The Hall–Kier alpha value is -4.56. The summed E-state index contributed by atoms with van der Waals surface area (Å²) < 4.78 is 19.9. The van der Waals surface area contributed by atoms with Gasteiger partial charge in [0.2, 0.25) is 0 Å². The van der Waals surface area contributed by atoms with Gasteiger partial charge in [-0.25, -0.2) is 19.0 Å². The molecule has 1 saturated heterocycles. The molecule has 0 aliphatic carbocycles. The number of anilines is 2. The molecule has 4 aromatic rings. The molecule has 0 N–H and O–H groups in total. The lowest BCUT2D eigenvalue weighted by molar-refractivity contribution is -0.121. The lowest BCUT2D eigenvalue weighted by Gasteiger charge is -2.34. The molecule has 1 aliphatic rings. The molecule has 4 aromatic carbocycles. The molecule has 38 heavy (non-hydrogen) atoms. The SMILES string of the molecule is O=C1C(=Cc2cc(Br)ccc2OCc2ccc(F)cc2)C(=O)N(c2ccccc2)C(=O)N1c1ccccc1. The van der Waals surface area contributed by atoms with Gasteiger partial charge in [-0.05, 0) is 66.2 Å². The predicted octanol–water partition coefficient (Wildman–Crippen LogP) is 6.75. The molecule has 1 fully saturated rings. The highest BCUT2D eigenvalue weighted by Gasteiger charge is 2.43. The van der Waals surface area contributed by atoms with E-state index in [0.717, 1.165) is 15.4 Å². The number of urea groups is 1. The third kappa shape index (κ3) is 5.12. The number of rotatable bonds is 6. The van der Waals surface area contributed by atoms with Crippen LogP contribution in [0.1, 0.15) is 11.1 Å². The number of nitrogens with zero attached hydrogens (tertiary/aromatic N) is 2. The zero-order valence-corrected chi connectivity index (χ0v) is 21.5. The van der Waals surface area contributed by atoms with Crippen LogP contribution in [0.2, 0.25) is 0 Å². The van der Waals surface area contributed by atoms with Crippen molar-refractivity contribution in [1.29, 1.82) is 0 Å². The quantitative estimate of drug-likeness (QED) is 0.190. The van der Waals surface area contributed by atoms with E-state index < -0.39 is 17.8 Å². The highest BCUT2D eigenvalue weighted by atomic mass is 79.9. The summed E-state index contributed by atoms with van der Waals surface area (Å²) in [6.45, 7) is 0.144. The minimum absolute atomic E-state index is 0.144. The molecule has 0 radical (unpaired) electrons. The van der Waals surface area contributed by atoms with E-state index in [0.29, 0.717) is 27.2 Å². The predicted molar refractivity (Wildman–Crippen MR) is 146 cm³/mol. The van der Waals surface area contributed by atoms with Gasteiger partial charge in [0.15, 0.2) is 0 Å². The van der Waals surface area contributed by atoms with Crippen LogP contribution in [0.15, 0.2) is 113 Å². The van der Waals surface area contributed by atoms with Gasteiger partial charge in [-0.3, -0.25) is 9.59 Å². The normalized spacial score (nSPS) is 13.6. The number of barbiturate groups is 1. The fraction of sp³-hybridized carbons (Fsp3) is 0.0333. The number of ether oxygens (including phenoxy) is 1. The Morgan fingerprint density at radius 2 is 1.29 bits per heavy atom. The standard InChI is InChI=1S/C30H20BrFN2O4/c31-22-13-16-27(38-19-20-11-14-23(32)15-12-20)21(17-22)18-26-28(35)33(24-7-3-1-4-8-24)30(37)34(29(26)36)25-9-5-2-6-10-25/h1-18H,19H2. The molecule has 8 heteroatoms. The molecule has 4 amide bonds. The van der Waals surface area contributed by atoms with Crippen molar-refractivity contribution < 1.29 is 23.5 Å². The molecule has 188 valence electrons. The van der Waals surface area contributed by atoms with E-state index in [1.807, 2.05) is 0 Å². The number of hydrogen-bond acceptors (Lipinski definition) is 4. The number of imide groups is 2. The average molecular weight is 571 g/mol. The minimum Gasteiger partial charge on any atom is -0.488 e. The summed E-state index contributed by atoms with van der Waals surface area (Å²) in [6, 6.07) is 27.2. The second-order valence-electron chi connectivity index (χ2n) is 8.39. The van der Waals surface area contributed by atoms with Crippen LogP contribution in [-0.4, -0.2) is 17.8 Å². The van der Waals surface area contributed by atoms with Crippen LogP contribution in [0.5, 0.6) is 5.75 Å². The second-order valence-corrected chi connectivity index (χ2v) is 9.31. The summed E-state index contributed by atoms with van der Waals surface area (Å²) in [4.78, 5) is 42.7. The molecule has 6 nitrogen and oxygen atoms in total. The number of hydrogen-bond donors (Lipinski definition) is 0. The van der Waals surface area contributed by atoms with Gasteiger partial charge in [0, 0.05) is 10.0 Å². The summed E-state index contributed by atoms with van der Waals surface area (Å²) in [5, 5.41) is 0. The minimum atomic E-state index is -0.767. The fourth-order valence-electron chi connectivity index (χ4n) is 4.00. The molecule has 0 spiro atoms. The van der Waals surface area contributed by atoms with Gasteiger partial charge in [-0.15, -0.1) is 0 Å². The summed E-state index contributed by atoms with van der Waals surface area (Å²) >= 11 is 3.43. The van der Waals surface area contributed by atoms with Gasteiger partial charge in [0.05, 0.1) is 11.4 Å². The molecular weight excluding hydrogens is 551 g/mol. The van der Waals surface area contributed by atoms with Gasteiger partial charge in [0.25, 0.3) is 11.8 Å². The Kier molecular flexibility index (Phi) is 7.15. The van der Waals surface area contributed by atoms with Crippen molar-refractivity contribution in [3.63, 3.8) is 0 Å². The molecule has 1 heterocycles. The van der Waals surface area contributed by atoms with E-state index >= 15 is 0 Å². The largest absolute Gasteiger partial charge is 0.488 e. The first kappa shape index (κ1) is 25.1. The van der Waals surface area contributed by atoms with Crippen LogP contribution in [0, 0.1) is 5.82 Å². The van der Waals surface area contributed by atoms with E-state index in [1.165, 1.54) is 18.2 Å². The lowest BCUT2D eigenvalue weighted by atomic mass is 10.0. The number of para-hydroxylation sites is 2. The van der Waals surface area contributed by atoms with Crippen molar-refractivity contribution in [2.75, 3.05) is 9.80 Å².